The lowest BCUT2D eigenvalue weighted by Crippen LogP contribution is -2.21. The van der Waals surface area contributed by atoms with Crippen molar-refractivity contribution in [2.45, 2.75) is 20.4 Å². The number of carbonyl (C=O) groups excluding carboxylic acids is 1. The van der Waals surface area contributed by atoms with Gasteiger partial charge in [0, 0.05) is 24.6 Å². The third kappa shape index (κ3) is 3.33. The molecule has 1 N–H and O–H groups in total. The minimum atomic E-state index is -0.237. The molecule has 1 aromatic carbocycles. The Hall–Kier alpha value is -4.27. The third-order valence-electron chi connectivity index (χ3n) is 5.35. The van der Waals surface area contributed by atoms with Gasteiger partial charge in [-0.3, -0.25) is 13.9 Å². The number of fused-ring (bicyclic) bond motifs is 2. The summed E-state index contributed by atoms with van der Waals surface area (Å²) in [5.74, 6) is -0.237. The van der Waals surface area contributed by atoms with Gasteiger partial charge in [-0.05, 0) is 49.7 Å². The van der Waals surface area contributed by atoms with Gasteiger partial charge in [-0.1, -0.05) is 18.2 Å². The van der Waals surface area contributed by atoms with E-state index in [1.165, 1.54) is 9.08 Å². The average molecular weight is 427 g/mol. The molecule has 0 aliphatic carbocycles. The Morgan fingerprint density at radius 2 is 1.91 bits per heavy atom. The number of carbonyl (C=O) groups is 1. The van der Waals surface area contributed by atoms with Crippen LogP contribution in [0, 0.1) is 13.8 Å². The van der Waals surface area contributed by atoms with E-state index in [1.54, 1.807) is 29.1 Å². The fourth-order valence-electron chi connectivity index (χ4n) is 3.94. The van der Waals surface area contributed by atoms with Crippen LogP contribution >= 0.6 is 0 Å². The van der Waals surface area contributed by atoms with Gasteiger partial charge in [0.25, 0.3) is 5.91 Å². The number of benzene rings is 1. The van der Waals surface area contributed by atoms with Crippen molar-refractivity contribution >= 4 is 28.3 Å². The van der Waals surface area contributed by atoms with E-state index in [4.69, 9.17) is 0 Å². The molecule has 5 aromatic rings. The normalized spacial score (nSPS) is 11.3. The zero-order valence-electron chi connectivity index (χ0n) is 17.9. The van der Waals surface area contributed by atoms with Crippen LogP contribution in [0.5, 0.6) is 0 Å². The lowest BCUT2D eigenvalue weighted by molar-refractivity contribution is 0.102. The number of aryl methyl sites for hydroxylation is 3. The fourth-order valence-corrected chi connectivity index (χ4v) is 3.94. The molecule has 0 aliphatic rings. The van der Waals surface area contributed by atoms with Crippen LogP contribution in [-0.2, 0) is 13.6 Å². The molecule has 0 fully saturated rings. The molecule has 9 heteroatoms. The topological polar surface area (TPSA) is 99.1 Å². The first-order valence-electron chi connectivity index (χ1n) is 10.2. The largest absolute Gasteiger partial charge is 0.350 e. The first kappa shape index (κ1) is 19.7. The fraction of sp³-hybridized carbons (Fsp3) is 0.174. The molecule has 32 heavy (non-hydrogen) atoms. The van der Waals surface area contributed by atoms with Gasteiger partial charge < -0.3 is 5.32 Å². The van der Waals surface area contributed by atoms with E-state index in [0.29, 0.717) is 29.1 Å². The standard InChI is InChI=1S/C23H21N7O2/c1-14-11-18(20-15(2)26-28(3)21(20)24-14)22(31)25-17-8-6-7-16(12-17)13-30-23(32)29-10-5-4-9-19(29)27-30/h4-12H,13H2,1-3H3,(H,25,31). The number of hydrogen-bond acceptors (Lipinski definition) is 5. The molecule has 0 saturated carbocycles. The monoisotopic (exact) mass is 427 g/mol. The van der Waals surface area contributed by atoms with Crippen LogP contribution in [0.3, 0.4) is 0 Å². The zero-order valence-corrected chi connectivity index (χ0v) is 17.9. The van der Waals surface area contributed by atoms with E-state index in [1.807, 2.05) is 51.2 Å². The maximum absolute atomic E-state index is 13.1. The van der Waals surface area contributed by atoms with Crippen LogP contribution in [0.15, 0.2) is 59.5 Å². The lowest BCUT2D eigenvalue weighted by atomic mass is 10.1. The number of nitrogens with one attached hydrogen (secondary N) is 1. The Kier molecular flexibility index (Phi) is 4.58. The highest BCUT2D eigenvalue weighted by Crippen LogP contribution is 2.23. The molecule has 1 amide bonds. The van der Waals surface area contributed by atoms with E-state index in [2.05, 4.69) is 20.5 Å². The Bertz CT molecular complexity index is 1560. The summed E-state index contributed by atoms with van der Waals surface area (Å²) in [4.78, 5) is 30.2. The Morgan fingerprint density at radius 3 is 2.72 bits per heavy atom. The Morgan fingerprint density at radius 1 is 1.06 bits per heavy atom. The van der Waals surface area contributed by atoms with Gasteiger partial charge in [-0.15, -0.1) is 5.10 Å². The van der Waals surface area contributed by atoms with Crippen LogP contribution < -0.4 is 11.0 Å². The molecule has 0 aliphatic heterocycles. The molecule has 4 heterocycles. The number of nitrogens with zero attached hydrogens (tertiary/aromatic N) is 6. The van der Waals surface area contributed by atoms with Crippen LogP contribution in [0.25, 0.3) is 16.7 Å². The van der Waals surface area contributed by atoms with Crippen molar-refractivity contribution in [3.05, 3.63) is 87.7 Å². The third-order valence-corrected chi connectivity index (χ3v) is 5.35. The highest BCUT2D eigenvalue weighted by atomic mass is 16.2. The molecule has 9 nitrogen and oxygen atoms in total. The summed E-state index contributed by atoms with van der Waals surface area (Å²) in [6, 6.07) is 14.6. The maximum Gasteiger partial charge on any atom is 0.350 e. The second-order valence-corrected chi connectivity index (χ2v) is 7.74. The SMILES string of the molecule is Cc1cc(C(=O)Nc2cccc(Cn3nc4ccccn4c3=O)c2)c2c(C)nn(C)c2n1. The summed E-state index contributed by atoms with van der Waals surface area (Å²) in [6.07, 6.45) is 1.69. The molecule has 0 spiro atoms. The van der Waals surface area contributed by atoms with Crippen LogP contribution in [0.4, 0.5) is 5.69 Å². The predicted molar refractivity (Wildman–Crippen MR) is 121 cm³/mol. The highest BCUT2D eigenvalue weighted by molar-refractivity contribution is 6.12. The van der Waals surface area contributed by atoms with Gasteiger partial charge in [0.1, 0.15) is 0 Å². The summed E-state index contributed by atoms with van der Waals surface area (Å²) in [5, 5.41) is 12.5. The number of amides is 1. The predicted octanol–water partition coefficient (Wildman–Crippen LogP) is 2.70. The van der Waals surface area contributed by atoms with E-state index in [-0.39, 0.29) is 11.6 Å². The highest BCUT2D eigenvalue weighted by Gasteiger charge is 2.18. The van der Waals surface area contributed by atoms with E-state index < -0.39 is 0 Å². The molecule has 160 valence electrons. The van der Waals surface area contributed by atoms with Crippen molar-refractivity contribution < 1.29 is 4.79 Å². The smallest absolute Gasteiger partial charge is 0.322 e. The van der Waals surface area contributed by atoms with E-state index in [9.17, 15) is 9.59 Å². The van der Waals surface area contributed by atoms with Crippen molar-refractivity contribution in [3.8, 4) is 0 Å². The van der Waals surface area contributed by atoms with Crippen molar-refractivity contribution in [1.82, 2.24) is 28.9 Å². The van der Waals surface area contributed by atoms with Crippen LogP contribution in [0.2, 0.25) is 0 Å². The van der Waals surface area contributed by atoms with Gasteiger partial charge in [0.05, 0.1) is 23.2 Å². The second-order valence-electron chi connectivity index (χ2n) is 7.74. The number of anilines is 1. The van der Waals surface area contributed by atoms with Gasteiger partial charge >= 0.3 is 5.69 Å². The van der Waals surface area contributed by atoms with Crippen molar-refractivity contribution in [3.63, 3.8) is 0 Å². The zero-order chi connectivity index (χ0) is 22.4. The molecule has 0 bridgehead atoms. The van der Waals surface area contributed by atoms with Crippen LogP contribution in [-0.4, -0.2) is 34.9 Å². The van der Waals surface area contributed by atoms with Gasteiger partial charge in [-0.2, -0.15) is 5.10 Å². The minimum absolute atomic E-state index is 0.211. The average Bonchev–Trinajstić information content (AvgIpc) is 3.23. The van der Waals surface area contributed by atoms with Gasteiger partial charge in [-0.25, -0.2) is 14.5 Å². The maximum atomic E-state index is 13.1. The number of rotatable bonds is 4. The number of pyridine rings is 2. The summed E-state index contributed by atoms with van der Waals surface area (Å²) in [6.45, 7) is 4.01. The molecule has 0 atom stereocenters. The molecular formula is C23H21N7O2. The molecule has 0 unspecified atom stereocenters. The minimum Gasteiger partial charge on any atom is -0.322 e. The van der Waals surface area contributed by atoms with E-state index in [0.717, 1.165) is 22.3 Å². The second kappa shape index (κ2) is 7.45. The Balaban J connectivity index is 1.44. The number of aromatic nitrogens is 6. The summed E-state index contributed by atoms with van der Waals surface area (Å²) < 4.78 is 4.59. The van der Waals surface area contributed by atoms with E-state index >= 15 is 0 Å². The van der Waals surface area contributed by atoms with Gasteiger partial charge in [0.15, 0.2) is 11.3 Å². The number of hydrogen-bond donors (Lipinski definition) is 1. The Labute approximate surface area is 182 Å². The molecule has 0 saturated heterocycles. The summed E-state index contributed by atoms with van der Waals surface area (Å²) in [7, 11) is 1.81. The quantitative estimate of drug-likeness (QED) is 0.475. The molecule has 4 aromatic heterocycles. The summed E-state index contributed by atoms with van der Waals surface area (Å²) in [5.41, 5.74) is 4.55. The van der Waals surface area contributed by atoms with Crippen LogP contribution in [0.1, 0.15) is 27.3 Å². The summed E-state index contributed by atoms with van der Waals surface area (Å²) >= 11 is 0. The molecule has 5 rings (SSSR count). The van der Waals surface area contributed by atoms with Crippen molar-refractivity contribution in [1.29, 1.82) is 0 Å². The van der Waals surface area contributed by atoms with Gasteiger partial charge in [0.2, 0.25) is 0 Å². The lowest BCUT2D eigenvalue weighted by Gasteiger charge is -2.09. The molecular weight excluding hydrogens is 406 g/mol. The molecule has 0 radical (unpaired) electrons. The van der Waals surface area contributed by atoms with Crippen molar-refractivity contribution in [2.24, 2.45) is 7.05 Å². The first-order chi connectivity index (χ1) is 15.4. The van der Waals surface area contributed by atoms with Crippen molar-refractivity contribution in [2.75, 3.05) is 5.32 Å². The first-order valence-corrected chi connectivity index (χ1v) is 10.2.